The fourth-order valence-corrected chi connectivity index (χ4v) is 4.09. The Morgan fingerprint density at radius 3 is 2.64 bits per heavy atom. The van der Waals surface area contributed by atoms with Crippen LogP contribution in [0.5, 0.6) is 11.6 Å². The number of ketones is 1. The summed E-state index contributed by atoms with van der Waals surface area (Å²) < 4.78 is 25.1. The molecule has 6 heteroatoms. The van der Waals surface area contributed by atoms with E-state index in [0.717, 1.165) is 42.1 Å². The molecule has 0 N–H and O–H groups in total. The lowest BCUT2D eigenvalue weighted by Crippen LogP contribution is -2.24. The normalized spacial score (nSPS) is 16.5. The topological polar surface area (TPSA) is 51.7 Å². The minimum atomic E-state index is -0.261. The molecular formula is C27H29FN2O3. The predicted octanol–water partition coefficient (Wildman–Crippen LogP) is 5.54. The first-order valence-electron chi connectivity index (χ1n) is 11.3. The van der Waals surface area contributed by atoms with Gasteiger partial charge in [-0.2, -0.15) is 0 Å². The van der Waals surface area contributed by atoms with Gasteiger partial charge in [-0.3, -0.25) is 0 Å². The Morgan fingerprint density at radius 2 is 1.91 bits per heavy atom. The van der Waals surface area contributed by atoms with Crippen molar-refractivity contribution in [2.75, 3.05) is 18.0 Å². The molecule has 0 saturated carbocycles. The van der Waals surface area contributed by atoms with Crippen LogP contribution in [0.2, 0.25) is 0 Å². The number of halogens is 1. The van der Waals surface area contributed by atoms with Gasteiger partial charge in [0.05, 0.1) is 6.54 Å². The lowest BCUT2D eigenvalue weighted by molar-refractivity contribution is -0.117. The van der Waals surface area contributed by atoms with Gasteiger partial charge in [-0.15, -0.1) is 0 Å². The van der Waals surface area contributed by atoms with Gasteiger partial charge in [0.1, 0.15) is 30.1 Å². The van der Waals surface area contributed by atoms with Gasteiger partial charge in [-0.1, -0.05) is 31.2 Å². The van der Waals surface area contributed by atoms with Crippen molar-refractivity contribution in [2.24, 2.45) is 0 Å². The largest absolute Gasteiger partial charge is 0.489 e. The molecule has 1 aliphatic rings. The highest BCUT2D eigenvalue weighted by Gasteiger charge is 2.24. The molecule has 4 rings (SSSR count). The minimum Gasteiger partial charge on any atom is -0.489 e. The summed E-state index contributed by atoms with van der Waals surface area (Å²) in [4.78, 5) is 17.9. The van der Waals surface area contributed by atoms with Crippen LogP contribution in [0.4, 0.5) is 10.1 Å². The Labute approximate surface area is 194 Å². The summed E-state index contributed by atoms with van der Waals surface area (Å²) in [6.45, 7) is 5.70. The zero-order valence-electron chi connectivity index (χ0n) is 19.0. The van der Waals surface area contributed by atoms with Crippen molar-refractivity contribution in [1.29, 1.82) is 0 Å². The third-order valence-electron chi connectivity index (χ3n) is 5.87. The summed E-state index contributed by atoms with van der Waals surface area (Å²) in [5.74, 6) is 1.54. The second kappa shape index (κ2) is 10.5. The highest BCUT2D eigenvalue weighted by molar-refractivity contribution is 5.76. The molecule has 2 heterocycles. The lowest BCUT2D eigenvalue weighted by Gasteiger charge is -2.20. The quantitative estimate of drug-likeness (QED) is 0.430. The van der Waals surface area contributed by atoms with E-state index in [1.807, 2.05) is 36.4 Å². The Morgan fingerprint density at radius 1 is 1.15 bits per heavy atom. The van der Waals surface area contributed by atoms with Crippen molar-refractivity contribution in [1.82, 2.24) is 4.98 Å². The first-order chi connectivity index (χ1) is 16.0. The number of hydrogen-bond donors (Lipinski definition) is 0. The molecule has 3 aromatic rings. The fraction of sp³-hybridized carbons (Fsp3) is 0.333. The Balaban J connectivity index is 1.31. The van der Waals surface area contributed by atoms with Gasteiger partial charge in [0.25, 0.3) is 0 Å². The average molecular weight is 449 g/mol. The van der Waals surface area contributed by atoms with Crippen molar-refractivity contribution >= 4 is 11.5 Å². The lowest BCUT2D eigenvalue weighted by atomic mass is 9.96. The SMILES string of the molecule is CC(=O)C[C@@H](C)c1ccc(O[C@@H]2CCN(c3ccnc(OCc4ccc(F)cc4)c3)C2)cc1. The van der Waals surface area contributed by atoms with Crippen molar-refractivity contribution in [2.45, 2.75) is 45.3 Å². The van der Waals surface area contributed by atoms with Crippen LogP contribution in [0.1, 0.15) is 43.7 Å². The molecular weight excluding hydrogens is 419 g/mol. The van der Waals surface area contributed by atoms with Gasteiger partial charge in [0.2, 0.25) is 5.88 Å². The Hall–Kier alpha value is -3.41. The van der Waals surface area contributed by atoms with E-state index in [0.29, 0.717) is 18.9 Å². The third-order valence-corrected chi connectivity index (χ3v) is 5.87. The smallest absolute Gasteiger partial charge is 0.215 e. The molecule has 0 spiro atoms. The maximum absolute atomic E-state index is 13.1. The van der Waals surface area contributed by atoms with Gasteiger partial charge in [0.15, 0.2) is 0 Å². The van der Waals surface area contributed by atoms with Crippen LogP contribution >= 0.6 is 0 Å². The van der Waals surface area contributed by atoms with Gasteiger partial charge in [-0.25, -0.2) is 9.37 Å². The van der Waals surface area contributed by atoms with E-state index in [1.54, 1.807) is 25.3 Å². The molecule has 2 atom stereocenters. The summed E-state index contributed by atoms with van der Waals surface area (Å²) in [7, 11) is 0. The van der Waals surface area contributed by atoms with E-state index in [2.05, 4.69) is 16.8 Å². The van der Waals surface area contributed by atoms with Crippen molar-refractivity contribution in [3.8, 4) is 11.6 Å². The fourth-order valence-electron chi connectivity index (χ4n) is 4.09. The van der Waals surface area contributed by atoms with Crippen LogP contribution in [0, 0.1) is 5.82 Å². The molecule has 1 aliphatic heterocycles. The number of aromatic nitrogens is 1. The van der Waals surface area contributed by atoms with Gasteiger partial charge in [-0.05, 0) is 54.3 Å². The van der Waals surface area contributed by atoms with E-state index in [1.165, 1.54) is 12.1 Å². The van der Waals surface area contributed by atoms with Crippen LogP contribution in [0.3, 0.4) is 0 Å². The molecule has 1 aromatic heterocycles. The number of anilines is 1. The van der Waals surface area contributed by atoms with Crippen molar-refractivity contribution in [3.05, 3.63) is 83.8 Å². The number of Topliss-reactive ketones (excluding diaryl/α,β-unsaturated/α-hetero) is 1. The number of benzene rings is 2. The van der Waals surface area contributed by atoms with Crippen LogP contribution < -0.4 is 14.4 Å². The molecule has 33 heavy (non-hydrogen) atoms. The minimum absolute atomic E-state index is 0.0993. The standard InChI is InChI=1S/C27H29FN2O3/c1-19(15-20(2)31)22-5-9-25(10-6-22)33-26-12-14-30(17-26)24-11-13-29-27(16-24)32-18-21-3-7-23(28)8-4-21/h3-11,13,16,19,26H,12,14-15,17-18H2,1-2H3/t19-,26-/m1/s1. The van der Waals surface area contributed by atoms with Gasteiger partial charge in [0, 0.05) is 37.3 Å². The maximum Gasteiger partial charge on any atom is 0.215 e. The maximum atomic E-state index is 13.1. The zero-order valence-corrected chi connectivity index (χ0v) is 19.0. The Bertz CT molecular complexity index is 1070. The second-order valence-corrected chi connectivity index (χ2v) is 8.62. The number of hydrogen-bond acceptors (Lipinski definition) is 5. The van der Waals surface area contributed by atoms with Crippen LogP contribution in [-0.2, 0) is 11.4 Å². The van der Waals surface area contributed by atoms with Crippen LogP contribution in [0.15, 0.2) is 66.9 Å². The summed E-state index contributed by atoms with van der Waals surface area (Å²) in [5.41, 5.74) is 3.08. The molecule has 2 aromatic carbocycles. The molecule has 0 bridgehead atoms. The Kier molecular flexibility index (Phi) is 7.23. The summed E-state index contributed by atoms with van der Waals surface area (Å²) in [6, 6.07) is 18.2. The average Bonchev–Trinajstić information content (AvgIpc) is 3.27. The highest BCUT2D eigenvalue weighted by Crippen LogP contribution is 2.27. The molecule has 0 unspecified atom stereocenters. The van der Waals surface area contributed by atoms with Gasteiger partial charge >= 0.3 is 0 Å². The number of ether oxygens (including phenoxy) is 2. The second-order valence-electron chi connectivity index (χ2n) is 8.62. The van der Waals surface area contributed by atoms with Crippen LogP contribution in [0.25, 0.3) is 0 Å². The zero-order chi connectivity index (χ0) is 23.2. The molecule has 0 radical (unpaired) electrons. The number of pyridine rings is 1. The molecule has 1 fully saturated rings. The van der Waals surface area contributed by atoms with E-state index in [9.17, 15) is 9.18 Å². The number of carbonyl (C=O) groups excluding carboxylic acids is 1. The van der Waals surface area contributed by atoms with E-state index < -0.39 is 0 Å². The summed E-state index contributed by atoms with van der Waals surface area (Å²) >= 11 is 0. The first kappa shape index (κ1) is 22.8. The van der Waals surface area contributed by atoms with Crippen LogP contribution in [-0.4, -0.2) is 30.0 Å². The predicted molar refractivity (Wildman–Crippen MR) is 126 cm³/mol. The van der Waals surface area contributed by atoms with Crippen molar-refractivity contribution in [3.63, 3.8) is 0 Å². The molecule has 0 amide bonds. The van der Waals surface area contributed by atoms with Crippen molar-refractivity contribution < 1.29 is 18.7 Å². The molecule has 5 nitrogen and oxygen atoms in total. The van der Waals surface area contributed by atoms with Gasteiger partial charge < -0.3 is 19.2 Å². The van der Waals surface area contributed by atoms with E-state index in [4.69, 9.17) is 9.47 Å². The highest BCUT2D eigenvalue weighted by atomic mass is 19.1. The molecule has 1 saturated heterocycles. The number of rotatable bonds is 9. The molecule has 172 valence electrons. The monoisotopic (exact) mass is 448 g/mol. The van der Waals surface area contributed by atoms with E-state index in [-0.39, 0.29) is 23.6 Å². The third kappa shape index (κ3) is 6.31. The van der Waals surface area contributed by atoms with E-state index >= 15 is 0 Å². The molecule has 0 aliphatic carbocycles. The first-order valence-corrected chi connectivity index (χ1v) is 11.3. The number of carbonyl (C=O) groups is 1. The summed E-state index contributed by atoms with van der Waals surface area (Å²) in [6.07, 6.45) is 3.32. The summed E-state index contributed by atoms with van der Waals surface area (Å²) in [5, 5.41) is 0. The number of nitrogens with zero attached hydrogens (tertiary/aromatic N) is 2.